The number of non-ortho nitro benzene ring substituents is 1. The molecule has 0 aliphatic rings. The van der Waals surface area contributed by atoms with Gasteiger partial charge in [-0.15, -0.1) is 0 Å². The van der Waals surface area contributed by atoms with Crippen molar-refractivity contribution in [3.05, 3.63) is 140 Å². The smallest absolute Gasteiger partial charge is 0.339 e. The molecule has 4 aromatic rings. The fraction of sp³-hybridized carbons (Fsp3) is 0.0714. The Morgan fingerprint density at radius 3 is 2.06 bits per heavy atom. The first-order valence-corrected chi connectivity index (χ1v) is 11.7. The van der Waals surface area contributed by atoms with Crippen LogP contribution in [-0.4, -0.2) is 16.7 Å². The highest BCUT2D eigenvalue weighted by Gasteiger charge is 2.27. The SMILES string of the molecule is O=C(O[C@H](C(=O)c1ccccc1)c1ccc([N+](=O)[O-])cc1)c1ccc(COc2ccc(Br)cc2)cc1. The molecule has 0 spiro atoms. The zero-order chi connectivity index (χ0) is 25.5. The van der Waals surface area contributed by atoms with Crippen LogP contribution in [-0.2, 0) is 11.3 Å². The zero-order valence-electron chi connectivity index (χ0n) is 18.9. The number of esters is 1. The van der Waals surface area contributed by atoms with E-state index in [0.29, 0.717) is 23.5 Å². The number of ether oxygens (including phenoxy) is 2. The minimum atomic E-state index is -1.26. The monoisotopic (exact) mass is 545 g/mol. The maximum atomic E-state index is 13.2. The molecule has 7 nitrogen and oxygen atoms in total. The van der Waals surface area contributed by atoms with Gasteiger partial charge in [0.15, 0.2) is 6.10 Å². The maximum Gasteiger partial charge on any atom is 0.339 e. The molecule has 36 heavy (non-hydrogen) atoms. The minimum absolute atomic E-state index is 0.128. The van der Waals surface area contributed by atoms with Crippen LogP contribution in [0.4, 0.5) is 5.69 Å². The van der Waals surface area contributed by atoms with Crippen LogP contribution in [0, 0.1) is 10.1 Å². The number of carbonyl (C=O) groups is 2. The van der Waals surface area contributed by atoms with E-state index < -0.39 is 22.8 Å². The molecule has 0 bridgehead atoms. The van der Waals surface area contributed by atoms with Crippen molar-refractivity contribution >= 4 is 33.4 Å². The number of ketones is 1. The van der Waals surface area contributed by atoms with Gasteiger partial charge in [-0.2, -0.15) is 0 Å². The van der Waals surface area contributed by atoms with Crippen LogP contribution < -0.4 is 4.74 Å². The molecule has 4 rings (SSSR count). The van der Waals surface area contributed by atoms with E-state index in [2.05, 4.69) is 15.9 Å². The number of nitro groups is 1. The predicted molar refractivity (Wildman–Crippen MR) is 137 cm³/mol. The van der Waals surface area contributed by atoms with E-state index >= 15 is 0 Å². The standard InChI is InChI=1S/C28H20BrNO6/c29-23-12-16-25(17-13-23)35-18-19-6-8-22(9-7-19)28(32)36-27(26(31)20-4-2-1-3-5-20)21-10-14-24(15-11-21)30(33)34/h1-17,27H,18H2/t27-/m0/s1. The van der Waals surface area contributed by atoms with Crippen molar-refractivity contribution in [1.29, 1.82) is 0 Å². The van der Waals surface area contributed by atoms with Crippen molar-refractivity contribution in [3.8, 4) is 5.75 Å². The lowest BCUT2D eigenvalue weighted by Gasteiger charge is -2.17. The second-order valence-electron chi connectivity index (χ2n) is 7.80. The first-order chi connectivity index (χ1) is 17.4. The number of hydrogen-bond donors (Lipinski definition) is 0. The molecule has 0 saturated carbocycles. The van der Waals surface area contributed by atoms with Gasteiger partial charge in [-0.3, -0.25) is 14.9 Å². The first-order valence-electron chi connectivity index (χ1n) is 10.9. The molecule has 0 heterocycles. The molecule has 0 unspecified atom stereocenters. The van der Waals surface area contributed by atoms with Crippen LogP contribution in [0.1, 0.15) is 37.9 Å². The lowest BCUT2D eigenvalue weighted by atomic mass is 9.99. The van der Waals surface area contributed by atoms with Gasteiger partial charge in [-0.1, -0.05) is 58.4 Å². The molecule has 0 radical (unpaired) electrons. The Balaban J connectivity index is 1.50. The van der Waals surface area contributed by atoms with Gasteiger partial charge in [-0.05, 0) is 54.1 Å². The molecule has 0 aliphatic carbocycles. The molecule has 0 saturated heterocycles. The van der Waals surface area contributed by atoms with Gasteiger partial charge in [0.2, 0.25) is 5.78 Å². The average Bonchev–Trinajstić information content (AvgIpc) is 2.92. The first kappa shape index (κ1) is 24.8. The van der Waals surface area contributed by atoms with Gasteiger partial charge in [-0.25, -0.2) is 4.79 Å². The van der Waals surface area contributed by atoms with Crippen molar-refractivity contribution < 1.29 is 24.0 Å². The van der Waals surface area contributed by atoms with Crippen LogP contribution in [0.2, 0.25) is 0 Å². The normalized spacial score (nSPS) is 11.4. The number of benzene rings is 4. The van der Waals surface area contributed by atoms with E-state index in [9.17, 15) is 19.7 Å². The average molecular weight is 546 g/mol. The van der Waals surface area contributed by atoms with Crippen molar-refractivity contribution in [1.82, 2.24) is 0 Å². The van der Waals surface area contributed by atoms with Gasteiger partial charge < -0.3 is 9.47 Å². The Kier molecular flexibility index (Phi) is 7.87. The second-order valence-corrected chi connectivity index (χ2v) is 8.72. The van der Waals surface area contributed by atoms with Crippen LogP contribution in [0.5, 0.6) is 5.75 Å². The summed E-state index contributed by atoms with van der Waals surface area (Å²) in [5, 5.41) is 11.0. The summed E-state index contributed by atoms with van der Waals surface area (Å²) >= 11 is 3.38. The Morgan fingerprint density at radius 1 is 0.806 bits per heavy atom. The third kappa shape index (κ3) is 6.22. The number of halogens is 1. The number of nitrogens with zero attached hydrogens (tertiary/aromatic N) is 1. The Morgan fingerprint density at radius 2 is 1.44 bits per heavy atom. The highest BCUT2D eigenvalue weighted by Crippen LogP contribution is 2.26. The molecule has 0 fully saturated rings. The van der Waals surface area contributed by atoms with Crippen LogP contribution in [0.15, 0.2) is 108 Å². The molecule has 1 atom stereocenters. The van der Waals surface area contributed by atoms with E-state index in [1.54, 1.807) is 54.6 Å². The lowest BCUT2D eigenvalue weighted by molar-refractivity contribution is -0.384. The number of hydrogen-bond acceptors (Lipinski definition) is 6. The van der Waals surface area contributed by atoms with Crippen molar-refractivity contribution in [2.45, 2.75) is 12.7 Å². The maximum absolute atomic E-state index is 13.2. The molecule has 0 N–H and O–H groups in total. The topological polar surface area (TPSA) is 95.7 Å². The number of rotatable bonds is 9. The molecule has 8 heteroatoms. The molecule has 0 aromatic heterocycles. The summed E-state index contributed by atoms with van der Waals surface area (Å²) in [5.74, 6) is -0.410. The third-order valence-electron chi connectivity index (χ3n) is 5.34. The Labute approximate surface area is 215 Å². The summed E-state index contributed by atoms with van der Waals surface area (Å²) in [6.07, 6.45) is -1.26. The highest BCUT2D eigenvalue weighted by atomic mass is 79.9. The van der Waals surface area contributed by atoms with Gasteiger partial charge in [0.1, 0.15) is 12.4 Å². The Bertz CT molecular complexity index is 1350. The quantitative estimate of drug-likeness (QED) is 0.100. The molecule has 180 valence electrons. The van der Waals surface area contributed by atoms with Crippen LogP contribution in [0.3, 0.4) is 0 Å². The van der Waals surface area contributed by atoms with E-state index in [1.807, 2.05) is 24.3 Å². The molecular formula is C28H20BrNO6. The van der Waals surface area contributed by atoms with E-state index in [1.165, 1.54) is 24.3 Å². The number of carbonyl (C=O) groups excluding carboxylic acids is 2. The highest BCUT2D eigenvalue weighted by molar-refractivity contribution is 9.10. The summed E-state index contributed by atoms with van der Waals surface area (Å²) in [6, 6.07) is 27.9. The number of Topliss-reactive ketones (excluding diaryl/α,β-unsaturated/α-hetero) is 1. The molecule has 0 amide bonds. The largest absolute Gasteiger partial charge is 0.489 e. The molecule has 4 aromatic carbocycles. The van der Waals surface area contributed by atoms with Gasteiger partial charge in [0, 0.05) is 27.7 Å². The van der Waals surface area contributed by atoms with E-state index in [-0.39, 0.29) is 11.3 Å². The summed E-state index contributed by atoms with van der Waals surface area (Å²) in [5.41, 5.74) is 1.67. The fourth-order valence-electron chi connectivity index (χ4n) is 3.41. The van der Waals surface area contributed by atoms with Gasteiger partial charge in [0.25, 0.3) is 5.69 Å². The van der Waals surface area contributed by atoms with E-state index in [0.717, 1.165) is 10.0 Å². The van der Waals surface area contributed by atoms with Crippen LogP contribution in [0.25, 0.3) is 0 Å². The van der Waals surface area contributed by atoms with E-state index in [4.69, 9.17) is 9.47 Å². The fourth-order valence-corrected chi connectivity index (χ4v) is 3.67. The number of nitro benzene ring substituents is 1. The summed E-state index contributed by atoms with van der Waals surface area (Å²) in [4.78, 5) is 36.6. The zero-order valence-corrected chi connectivity index (χ0v) is 20.5. The molecular weight excluding hydrogens is 526 g/mol. The second kappa shape index (κ2) is 11.4. The summed E-state index contributed by atoms with van der Waals surface area (Å²) in [7, 11) is 0. The lowest BCUT2D eigenvalue weighted by Crippen LogP contribution is -2.20. The van der Waals surface area contributed by atoms with Crippen LogP contribution >= 0.6 is 15.9 Å². The molecule has 0 aliphatic heterocycles. The summed E-state index contributed by atoms with van der Waals surface area (Å²) < 4.78 is 12.3. The van der Waals surface area contributed by atoms with Gasteiger partial charge >= 0.3 is 5.97 Å². The minimum Gasteiger partial charge on any atom is -0.489 e. The third-order valence-corrected chi connectivity index (χ3v) is 5.87. The summed E-state index contributed by atoms with van der Waals surface area (Å²) in [6.45, 7) is 0.314. The predicted octanol–water partition coefficient (Wildman–Crippen LogP) is 6.72. The Hall–Kier alpha value is -4.30. The van der Waals surface area contributed by atoms with Crippen molar-refractivity contribution in [2.24, 2.45) is 0 Å². The van der Waals surface area contributed by atoms with Crippen molar-refractivity contribution in [3.63, 3.8) is 0 Å². The van der Waals surface area contributed by atoms with Crippen molar-refractivity contribution in [2.75, 3.05) is 0 Å². The van der Waals surface area contributed by atoms with Gasteiger partial charge in [0.05, 0.1) is 10.5 Å².